The van der Waals surface area contributed by atoms with Crippen LogP contribution < -0.4 is 4.90 Å². The molecule has 7 heteroatoms. The van der Waals surface area contributed by atoms with Gasteiger partial charge in [0.2, 0.25) is 5.95 Å². The molecule has 4 aromatic rings. The lowest BCUT2D eigenvalue weighted by Crippen LogP contribution is -2.22. The molecule has 0 unspecified atom stereocenters. The molecule has 5 rings (SSSR count). The number of rotatable bonds is 7. The summed E-state index contributed by atoms with van der Waals surface area (Å²) in [5.41, 5.74) is 0.720. The minimum absolute atomic E-state index is 0.0843. The Kier molecular flexibility index (Phi) is 5.27. The summed E-state index contributed by atoms with van der Waals surface area (Å²) in [6, 6.07) is 17.8. The summed E-state index contributed by atoms with van der Waals surface area (Å²) in [4.78, 5) is 15.1. The zero-order chi connectivity index (χ0) is 20.3. The Labute approximate surface area is 178 Å². The van der Waals surface area contributed by atoms with Gasteiger partial charge in [-0.25, -0.2) is 0 Å². The van der Waals surface area contributed by atoms with Crippen molar-refractivity contribution in [2.45, 2.75) is 24.5 Å². The van der Waals surface area contributed by atoms with Crippen molar-refractivity contribution in [3.63, 3.8) is 0 Å². The molecule has 3 heterocycles. The molecule has 0 spiro atoms. The van der Waals surface area contributed by atoms with Gasteiger partial charge in [0.05, 0.1) is 18.6 Å². The molecule has 0 amide bonds. The summed E-state index contributed by atoms with van der Waals surface area (Å²) in [5.74, 6) is 2.10. The molecule has 1 aliphatic heterocycles. The van der Waals surface area contributed by atoms with Crippen molar-refractivity contribution in [3.8, 4) is 0 Å². The van der Waals surface area contributed by atoms with E-state index in [0.29, 0.717) is 12.3 Å². The molecule has 0 aliphatic carbocycles. The van der Waals surface area contributed by atoms with E-state index in [0.717, 1.165) is 59.1 Å². The number of carbonyl (C=O) groups is 1. The number of fused-ring (bicyclic) bond motifs is 1. The Bertz CT molecular complexity index is 1160. The van der Waals surface area contributed by atoms with E-state index in [1.165, 1.54) is 11.8 Å². The molecule has 0 bridgehead atoms. The molecule has 6 nitrogen and oxygen atoms in total. The van der Waals surface area contributed by atoms with Crippen LogP contribution in [0.2, 0.25) is 0 Å². The quantitative estimate of drug-likeness (QED) is 0.322. The number of hydrogen-bond donors (Lipinski definition) is 0. The summed E-state index contributed by atoms with van der Waals surface area (Å²) in [6.45, 7) is 2.52. The molecule has 1 aliphatic rings. The predicted octanol–water partition coefficient (Wildman–Crippen LogP) is 4.65. The third-order valence-electron chi connectivity index (χ3n) is 5.38. The topological polar surface area (TPSA) is 64.2 Å². The van der Waals surface area contributed by atoms with Crippen LogP contribution in [0, 0.1) is 0 Å². The van der Waals surface area contributed by atoms with E-state index in [9.17, 15) is 4.79 Å². The summed E-state index contributed by atoms with van der Waals surface area (Å²) in [5, 5.41) is 11.8. The number of nitrogens with zero attached hydrogens (tertiary/aromatic N) is 4. The van der Waals surface area contributed by atoms with E-state index < -0.39 is 0 Å². The molecule has 0 atom stereocenters. The van der Waals surface area contributed by atoms with Crippen LogP contribution in [-0.4, -0.2) is 39.4 Å². The number of carbonyl (C=O) groups excluding carboxylic acids is 1. The summed E-state index contributed by atoms with van der Waals surface area (Å²) in [7, 11) is 0. The molecule has 1 saturated heterocycles. The molecule has 0 saturated carbocycles. The summed E-state index contributed by atoms with van der Waals surface area (Å²) >= 11 is 1.43. The van der Waals surface area contributed by atoms with Gasteiger partial charge in [-0.05, 0) is 41.8 Å². The fourth-order valence-electron chi connectivity index (χ4n) is 3.81. The Balaban J connectivity index is 1.36. The van der Waals surface area contributed by atoms with Gasteiger partial charge in [0.15, 0.2) is 10.9 Å². The molecular weight excluding hydrogens is 396 g/mol. The van der Waals surface area contributed by atoms with Crippen molar-refractivity contribution < 1.29 is 9.21 Å². The lowest BCUT2D eigenvalue weighted by molar-refractivity contribution is 0.102. The first-order valence-electron chi connectivity index (χ1n) is 10.1. The van der Waals surface area contributed by atoms with E-state index in [-0.39, 0.29) is 5.78 Å². The van der Waals surface area contributed by atoms with Crippen molar-refractivity contribution in [3.05, 3.63) is 72.2 Å². The second-order valence-corrected chi connectivity index (χ2v) is 8.36. The minimum atomic E-state index is 0.0843. The van der Waals surface area contributed by atoms with E-state index in [1.54, 1.807) is 6.26 Å². The number of benzene rings is 2. The number of ketones is 1. The van der Waals surface area contributed by atoms with Crippen LogP contribution in [-0.2, 0) is 6.54 Å². The third-order valence-corrected chi connectivity index (χ3v) is 6.35. The molecule has 2 aromatic heterocycles. The Morgan fingerprint density at radius 3 is 2.63 bits per heavy atom. The standard InChI is InChI=1S/C23H22N4O2S/c28-21(19-10-9-17-6-1-2-7-18(17)14-19)16-30-23-25-24-22(26-11-3-4-12-26)27(23)15-20-8-5-13-29-20/h1-2,5-10,13-14H,3-4,11-12,15-16H2. The van der Waals surface area contributed by atoms with E-state index in [4.69, 9.17) is 4.42 Å². The first kappa shape index (κ1) is 18.9. The van der Waals surface area contributed by atoms with E-state index in [1.807, 2.05) is 48.5 Å². The van der Waals surface area contributed by atoms with Gasteiger partial charge in [-0.2, -0.15) is 0 Å². The average Bonchev–Trinajstić information content (AvgIpc) is 3.54. The third kappa shape index (κ3) is 3.85. The van der Waals surface area contributed by atoms with Crippen LogP contribution in [0.3, 0.4) is 0 Å². The number of anilines is 1. The van der Waals surface area contributed by atoms with Gasteiger partial charge >= 0.3 is 0 Å². The highest BCUT2D eigenvalue weighted by molar-refractivity contribution is 7.99. The summed E-state index contributed by atoms with van der Waals surface area (Å²) < 4.78 is 7.60. The van der Waals surface area contributed by atoms with Crippen molar-refractivity contribution in [2.24, 2.45) is 0 Å². The zero-order valence-electron chi connectivity index (χ0n) is 16.5. The fraction of sp³-hybridized carbons (Fsp3) is 0.261. The highest BCUT2D eigenvalue weighted by Gasteiger charge is 2.22. The maximum atomic E-state index is 12.8. The maximum Gasteiger partial charge on any atom is 0.228 e. The van der Waals surface area contributed by atoms with Crippen molar-refractivity contribution in [1.29, 1.82) is 0 Å². The molecule has 30 heavy (non-hydrogen) atoms. The van der Waals surface area contributed by atoms with Crippen LogP contribution in [0.25, 0.3) is 10.8 Å². The largest absolute Gasteiger partial charge is 0.467 e. The number of Topliss-reactive ketones (excluding diaryl/α,β-unsaturated/α-hetero) is 1. The van der Waals surface area contributed by atoms with Gasteiger partial charge in [-0.1, -0.05) is 48.2 Å². The van der Waals surface area contributed by atoms with Crippen LogP contribution in [0.5, 0.6) is 0 Å². The van der Waals surface area contributed by atoms with Crippen LogP contribution in [0.15, 0.2) is 70.4 Å². The predicted molar refractivity (Wildman–Crippen MR) is 118 cm³/mol. The van der Waals surface area contributed by atoms with Gasteiger partial charge < -0.3 is 9.32 Å². The number of thioether (sulfide) groups is 1. The maximum absolute atomic E-state index is 12.8. The van der Waals surface area contributed by atoms with Crippen molar-refractivity contribution >= 4 is 34.3 Å². The molecule has 2 aromatic carbocycles. The summed E-state index contributed by atoms with van der Waals surface area (Å²) in [6.07, 6.45) is 4.00. The zero-order valence-corrected chi connectivity index (χ0v) is 17.3. The number of aromatic nitrogens is 3. The van der Waals surface area contributed by atoms with Gasteiger partial charge in [0.1, 0.15) is 5.76 Å². The normalized spacial score (nSPS) is 13.9. The van der Waals surface area contributed by atoms with Gasteiger partial charge in [-0.3, -0.25) is 9.36 Å². The minimum Gasteiger partial charge on any atom is -0.467 e. The number of furan rings is 1. The highest BCUT2D eigenvalue weighted by Crippen LogP contribution is 2.27. The van der Waals surface area contributed by atoms with E-state index in [2.05, 4.69) is 25.7 Å². The molecule has 1 fully saturated rings. The van der Waals surface area contributed by atoms with Gasteiger partial charge in [-0.15, -0.1) is 10.2 Å². The Hall–Kier alpha value is -3.06. The molecule has 0 radical (unpaired) electrons. The Morgan fingerprint density at radius 1 is 1.00 bits per heavy atom. The van der Waals surface area contributed by atoms with Crippen LogP contribution in [0.1, 0.15) is 29.0 Å². The molecule has 0 N–H and O–H groups in total. The van der Waals surface area contributed by atoms with Crippen molar-refractivity contribution in [1.82, 2.24) is 14.8 Å². The lowest BCUT2D eigenvalue weighted by atomic mass is 10.1. The van der Waals surface area contributed by atoms with Gasteiger partial charge in [0, 0.05) is 18.7 Å². The van der Waals surface area contributed by atoms with Gasteiger partial charge in [0.25, 0.3) is 0 Å². The highest BCUT2D eigenvalue weighted by atomic mass is 32.2. The molecule has 152 valence electrons. The second kappa shape index (κ2) is 8.36. The first-order chi connectivity index (χ1) is 14.8. The SMILES string of the molecule is O=C(CSc1nnc(N2CCCC2)n1Cc1ccco1)c1ccc2ccccc2c1. The fourth-order valence-corrected chi connectivity index (χ4v) is 4.64. The van der Waals surface area contributed by atoms with Crippen LogP contribution in [0.4, 0.5) is 5.95 Å². The first-order valence-corrected chi connectivity index (χ1v) is 11.1. The second-order valence-electron chi connectivity index (χ2n) is 7.42. The van der Waals surface area contributed by atoms with Crippen molar-refractivity contribution in [2.75, 3.05) is 23.7 Å². The monoisotopic (exact) mass is 418 g/mol. The molecular formula is C23H22N4O2S. The smallest absolute Gasteiger partial charge is 0.228 e. The average molecular weight is 419 g/mol. The van der Waals surface area contributed by atoms with Crippen LogP contribution >= 0.6 is 11.8 Å². The number of hydrogen-bond acceptors (Lipinski definition) is 6. The Morgan fingerprint density at radius 2 is 1.83 bits per heavy atom. The lowest BCUT2D eigenvalue weighted by Gasteiger charge is -2.17. The van der Waals surface area contributed by atoms with E-state index >= 15 is 0 Å².